The second kappa shape index (κ2) is 14.7. The highest BCUT2D eigenvalue weighted by atomic mass is 16.2. The van der Waals surface area contributed by atoms with Crippen LogP contribution in [0.5, 0.6) is 0 Å². The van der Waals surface area contributed by atoms with Crippen molar-refractivity contribution in [3.8, 4) is 0 Å². The molecule has 1 fully saturated rings. The van der Waals surface area contributed by atoms with Crippen LogP contribution >= 0.6 is 0 Å². The number of nitrogens with zero attached hydrogens (tertiary/aromatic N) is 5. The zero-order valence-corrected chi connectivity index (χ0v) is 26.9. The summed E-state index contributed by atoms with van der Waals surface area (Å²) in [5.41, 5.74) is 4.39. The van der Waals surface area contributed by atoms with Crippen molar-refractivity contribution in [1.82, 2.24) is 19.4 Å². The minimum Gasteiger partial charge on any atom is -0.341 e. The van der Waals surface area contributed by atoms with E-state index in [1.54, 1.807) is 0 Å². The highest BCUT2D eigenvalue weighted by Crippen LogP contribution is 2.28. The van der Waals surface area contributed by atoms with E-state index in [0.717, 1.165) is 69.1 Å². The number of fused-ring (bicyclic) bond motifs is 2. The summed E-state index contributed by atoms with van der Waals surface area (Å²) in [6.07, 6.45) is 5.76. The number of hydrogen-bond donors (Lipinski definition) is 0. The first kappa shape index (κ1) is 30.8. The lowest BCUT2D eigenvalue weighted by Crippen LogP contribution is -2.35. The third-order valence-electron chi connectivity index (χ3n) is 9.39. The first-order valence-corrected chi connectivity index (χ1v) is 16.8. The molecule has 0 spiro atoms. The number of imidazole rings is 1. The number of rotatable bonds is 12. The third-order valence-corrected chi connectivity index (χ3v) is 9.39. The Morgan fingerprint density at radius 1 is 0.822 bits per heavy atom. The van der Waals surface area contributed by atoms with Crippen LogP contribution in [0.1, 0.15) is 60.9 Å². The molecule has 6 heteroatoms. The Balaban J connectivity index is 1.16. The topological polar surface area (TPSA) is 44.6 Å². The van der Waals surface area contributed by atoms with Crippen LogP contribution in [-0.2, 0) is 6.54 Å². The standard InChI is InChI=1S/C39H47N5O/c1-3-4-12-25-44-37-19-11-10-18-36(37)40-39(44)43-24-13-23-42(27-28-43)26-22-35(30-41(2)38(45)32-15-6-5-7-16-32)34-21-20-31-14-8-9-17-33(31)29-34/h5-11,14-21,29,35H,3-4,12-13,22-28,30H2,1-2H3. The summed E-state index contributed by atoms with van der Waals surface area (Å²) < 4.78 is 2.45. The average Bonchev–Trinajstić information content (AvgIpc) is 3.28. The molecule has 1 unspecified atom stereocenters. The van der Waals surface area contributed by atoms with Gasteiger partial charge in [0.25, 0.3) is 5.91 Å². The van der Waals surface area contributed by atoms with Crippen molar-refractivity contribution in [3.05, 3.63) is 108 Å². The molecule has 0 radical (unpaired) electrons. The Bertz CT molecular complexity index is 1700. The van der Waals surface area contributed by atoms with Gasteiger partial charge in [0.15, 0.2) is 0 Å². The Morgan fingerprint density at radius 3 is 2.44 bits per heavy atom. The van der Waals surface area contributed by atoms with Gasteiger partial charge >= 0.3 is 0 Å². The third kappa shape index (κ3) is 7.39. The molecule has 1 saturated heterocycles. The van der Waals surface area contributed by atoms with Gasteiger partial charge in [-0.05, 0) is 73.0 Å². The Hall–Kier alpha value is -4.16. The van der Waals surface area contributed by atoms with Crippen LogP contribution in [0.15, 0.2) is 97.1 Å². The number of aryl methyl sites for hydroxylation is 1. The number of anilines is 1. The molecular weight excluding hydrogens is 554 g/mol. The molecule has 2 heterocycles. The number of unbranched alkanes of at least 4 members (excludes halogenated alkanes) is 2. The number of carbonyl (C=O) groups is 1. The molecular formula is C39H47N5O. The maximum absolute atomic E-state index is 13.3. The Labute approximate surface area is 268 Å². The van der Waals surface area contributed by atoms with Gasteiger partial charge in [0.2, 0.25) is 5.95 Å². The summed E-state index contributed by atoms with van der Waals surface area (Å²) in [4.78, 5) is 25.5. The molecule has 1 amide bonds. The van der Waals surface area contributed by atoms with Gasteiger partial charge in [0.05, 0.1) is 11.0 Å². The van der Waals surface area contributed by atoms with Crippen molar-refractivity contribution in [2.24, 2.45) is 0 Å². The summed E-state index contributed by atoms with van der Waals surface area (Å²) in [5, 5.41) is 2.51. The largest absolute Gasteiger partial charge is 0.341 e. The van der Waals surface area contributed by atoms with Gasteiger partial charge in [0.1, 0.15) is 0 Å². The van der Waals surface area contributed by atoms with Crippen molar-refractivity contribution in [1.29, 1.82) is 0 Å². The number of likely N-dealkylation sites (N-methyl/N-ethyl adjacent to an activating group) is 1. The highest BCUT2D eigenvalue weighted by molar-refractivity contribution is 5.94. The molecule has 45 heavy (non-hydrogen) atoms. The van der Waals surface area contributed by atoms with Crippen molar-refractivity contribution < 1.29 is 4.79 Å². The second-order valence-electron chi connectivity index (χ2n) is 12.6. The van der Waals surface area contributed by atoms with E-state index in [9.17, 15) is 4.79 Å². The van der Waals surface area contributed by atoms with Crippen LogP contribution in [0.4, 0.5) is 5.95 Å². The molecule has 0 N–H and O–H groups in total. The zero-order chi connectivity index (χ0) is 31.0. The molecule has 0 bridgehead atoms. The average molecular weight is 602 g/mol. The first-order valence-electron chi connectivity index (χ1n) is 16.8. The lowest BCUT2D eigenvalue weighted by molar-refractivity contribution is 0.0783. The van der Waals surface area contributed by atoms with Crippen LogP contribution in [0.3, 0.4) is 0 Å². The summed E-state index contributed by atoms with van der Waals surface area (Å²) in [7, 11) is 1.94. The molecule has 0 aliphatic carbocycles. The number of aromatic nitrogens is 2. The smallest absolute Gasteiger partial charge is 0.253 e. The Morgan fingerprint density at radius 2 is 1.60 bits per heavy atom. The fraction of sp³-hybridized carbons (Fsp3) is 0.385. The summed E-state index contributed by atoms with van der Waals surface area (Å²) in [5.74, 6) is 1.45. The van der Waals surface area contributed by atoms with Gasteiger partial charge < -0.3 is 19.3 Å². The van der Waals surface area contributed by atoms with Gasteiger partial charge in [-0.3, -0.25) is 4.79 Å². The maximum atomic E-state index is 13.3. The summed E-state index contributed by atoms with van der Waals surface area (Å²) in [6.45, 7) is 9.07. The molecule has 1 aromatic heterocycles. The Kier molecular flexibility index (Phi) is 10.1. The lowest BCUT2D eigenvalue weighted by Gasteiger charge is -2.28. The van der Waals surface area contributed by atoms with E-state index in [2.05, 4.69) is 88.0 Å². The molecule has 234 valence electrons. The van der Waals surface area contributed by atoms with Crippen LogP contribution in [0, 0.1) is 0 Å². The van der Waals surface area contributed by atoms with Crippen LogP contribution in [0.25, 0.3) is 21.8 Å². The van der Waals surface area contributed by atoms with Crippen LogP contribution < -0.4 is 4.90 Å². The van der Waals surface area contributed by atoms with E-state index in [4.69, 9.17) is 4.98 Å². The van der Waals surface area contributed by atoms with E-state index in [0.29, 0.717) is 6.54 Å². The minimum atomic E-state index is 0.0774. The van der Waals surface area contributed by atoms with E-state index in [-0.39, 0.29) is 11.8 Å². The van der Waals surface area contributed by atoms with Crippen molar-refractivity contribution in [2.75, 3.05) is 51.2 Å². The summed E-state index contributed by atoms with van der Waals surface area (Å²) in [6, 6.07) is 33.6. The molecule has 5 aromatic rings. The zero-order valence-electron chi connectivity index (χ0n) is 26.9. The number of benzene rings is 4. The molecule has 1 aliphatic rings. The predicted octanol–water partition coefficient (Wildman–Crippen LogP) is 7.84. The lowest BCUT2D eigenvalue weighted by atomic mass is 9.92. The molecule has 0 saturated carbocycles. The maximum Gasteiger partial charge on any atom is 0.253 e. The van der Waals surface area contributed by atoms with E-state index in [1.165, 1.54) is 41.1 Å². The number of para-hydroxylation sites is 2. The molecule has 4 aromatic carbocycles. The van der Waals surface area contributed by atoms with Gasteiger partial charge in [-0.1, -0.05) is 92.6 Å². The van der Waals surface area contributed by atoms with Crippen molar-refractivity contribution in [2.45, 2.75) is 51.5 Å². The predicted molar refractivity (Wildman–Crippen MR) is 187 cm³/mol. The minimum absolute atomic E-state index is 0.0774. The van der Waals surface area contributed by atoms with Crippen LogP contribution in [-0.4, -0.2) is 71.6 Å². The van der Waals surface area contributed by atoms with Crippen LogP contribution in [0.2, 0.25) is 0 Å². The monoisotopic (exact) mass is 601 g/mol. The number of amides is 1. The SMILES string of the molecule is CCCCCn1c(N2CCCN(CCC(CN(C)C(=O)c3ccccc3)c3ccc4ccccc4c3)CC2)nc2ccccc21. The molecule has 6 rings (SSSR count). The van der Waals surface area contributed by atoms with Gasteiger partial charge in [-0.2, -0.15) is 0 Å². The van der Waals surface area contributed by atoms with Crippen molar-refractivity contribution >= 4 is 33.7 Å². The van der Waals surface area contributed by atoms with E-state index >= 15 is 0 Å². The summed E-state index contributed by atoms with van der Waals surface area (Å²) >= 11 is 0. The van der Waals surface area contributed by atoms with E-state index < -0.39 is 0 Å². The first-order chi connectivity index (χ1) is 22.1. The van der Waals surface area contributed by atoms with E-state index in [1.807, 2.05) is 42.3 Å². The number of carbonyl (C=O) groups excluding carboxylic acids is 1. The van der Waals surface area contributed by atoms with Crippen molar-refractivity contribution in [3.63, 3.8) is 0 Å². The second-order valence-corrected chi connectivity index (χ2v) is 12.6. The number of hydrogen-bond acceptors (Lipinski definition) is 4. The molecule has 1 aliphatic heterocycles. The molecule has 1 atom stereocenters. The quantitative estimate of drug-likeness (QED) is 0.137. The fourth-order valence-corrected chi connectivity index (χ4v) is 6.82. The fourth-order valence-electron chi connectivity index (χ4n) is 6.82. The molecule has 6 nitrogen and oxygen atoms in total. The van der Waals surface area contributed by atoms with Gasteiger partial charge in [-0.25, -0.2) is 4.98 Å². The highest BCUT2D eigenvalue weighted by Gasteiger charge is 2.23. The van der Waals surface area contributed by atoms with Gasteiger partial charge in [0, 0.05) is 51.3 Å². The normalized spacial score (nSPS) is 14.9. The van der Waals surface area contributed by atoms with Gasteiger partial charge in [-0.15, -0.1) is 0 Å².